The van der Waals surface area contributed by atoms with Gasteiger partial charge < -0.3 is 23.7 Å². The summed E-state index contributed by atoms with van der Waals surface area (Å²) in [6.45, 7) is 7.58. The number of nitrogens with zero attached hydrogens (tertiary/aromatic N) is 2. The molecule has 1 atom stereocenters. The van der Waals surface area contributed by atoms with Crippen LogP contribution in [0, 0.1) is 0 Å². The van der Waals surface area contributed by atoms with Gasteiger partial charge in [-0.1, -0.05) is 29.5 Å². The fourth-order valence-corrected chi connectivity index (χ4v) is 6.07. The molecule has 1 aliphatic rings. The number of para-hydroxylation sites is 1. The number of hydrogen-bond acceptors (Lipinski definition) is 10. The van der Waals surface area contributed by atoms with E-state index in [0.29, 0.717) is 54.5 Å². The number of carbonyl (C=O) groups excluding carboxylic acids is 2. The number of benzene rings is 2. The predicted octanol–water partition coefficient (Wildman–Crippen LogP) is 3.91. The number of fused-ring (bicyclic) bond motifs is 1. The van der Waals surface area contributed by atoms with Gasteiger partial charge in [0, 0.05) is 5.56 Å². The van der Waals surface area contributed by atoms with Crippen LogP contribution in [0.5, 0.6) is 17.2 Å². The number of hydrogen-bond donors (Lipinski definition) is 0. The number of aromatic nitrogens is 1. The lowest BCUT2D eigenvalue weighted by Gasteiger charge is -2.26. The predicted molar refractivity (Wildman–Crippen MR) is 161 cm³/mol. The van der Waals surface area contributed by atoms with E-state index in [4.69, 9.17) is 23.7 Å². The Balaban J connectivity index is 1.84. The van der Waals surface area contributed by atoms with E-state index in [1.54, 1.807) is 63.2 Å². The molecule has 0 spiro atoms. The molecule has 0 unspecified atom stereocenters. The maximum Gasteiger partial charge on any atom is 0.344 e. The molecule has 3 aromatic rings. The highest BCUT2D eigenvalue weighted by atomic mass is 79.9. The molecule has 0 fully saturated rings. The number of thiazole rings is 1. The molecule has 0 saturated carbocycles. The summed E-state index contributed by atoms with van der Waals surface area (Å²) in [5.74, 6) is 0.332. The highest BCUT2D eigenvalue weighted by Crippen LogP contribution is 2.40. The zero-order valence-corrected chi connectivity index (χ0v) is 26.3. The molecule has 0 amide bonds. The summed E-state index contributed by atoms with van der Waals surface area (Å²) in [6, 6.07) is 9.74. The summed E-state index contributed by atoms with van der Waals surface area (Å²) in [5, 5.41) is 0. The van der Waals surface area contributed by atoms with Crippen LogP contribution in [0.3, 0.4) is 0 Å². The van der Waals surface area contributed by atoms with Crippen molar-refractivity contribution >= 4 is 45.3 Å². The molecule has 2 aromatic carbocycles. The number of rotatable bonds is 11. The van der Waals surface area contributed by atoms with Crippen molar-refractivity contribution in [2.75, 3.05) is 33.5 Å². The van der Waals surface area contributed by atoms with Crippen LogP contribution in [-0.2, 0) is 19.1 Å². The van der Waals surface area contributed by atoms with Crippen molar-refractivity contribution in [1.82, 2.24) is 4.57 Å². The number of carbonyl (C=O) groups is 2. The molecule has 0 N–H and O–H groups in total. The molecular weight excluding hydrogens is 628 g/mol. The van der Waals surface area contributed by atoms with E-state index in [-0.39, 0.29) is 31.0 Å². The minimum absolute atomic E-state index is 0.164. The normalized spacial score (nSPS) is 14.6. The topological polar surface area (TPSA) is 115 Å². The number of methoxy groups -OCH3 is 1. The van der Waals surface area contributed by atoms with Crippen molar-refractivity contribution in [2.24, 2.45) is 4.99 Å². The number of allylic oxidation sites excluding steroid dienone is 1. The fourth-order valence-electron chi connectivity index (χ4n) is 4.51. The summed E-state index contributed by atoms with van der Waals surface area (Å²) >= 11 is 4.68. The van der Waals surface area contributed by atoms with Crippen LogP contribution in [0.15, 0.2) is 61.9 Å². The third kappa shape index (κ3) is 6.44. The smallest absolute Gasteiger partial charge is 0.344 e. The summed E-state index contributed by atoms with van der Waals surface area (Å²) in [7, 11) is 1.53. The minimum atomic E-state index is -0.857. The highest BCUT2D eigenvalue weighted by Gasteiger charge is 2.36. The lowest BCUT2D eigenvalue weighted by Crippen LogP contribution is -2.40. The Labute approximate surface area is 255 Å². The average Bonchev–Trinajstić information content (AvgIpc) is 3.26. The fraction of sp³-hybridized carbons (Fsp3) is 0.333. The molecule has 0 saturated heterocycles. The first-order valence-electron chi connectivity index (χ1n) is 13.3. The SMILES string of the molecule is CCOC(=O)COc1ccc(/C=c2/sc3n(c2=O)[C@@H](c2cccc(OC)c2OCC)C(C(=O)OCC)=C(C)N=3)cc1Br. The van der Waals surface area contributed by atoms with Gasteiger partial charge in [-0.15, -0.1) is 0 Å². The molecule has 222 valence electrons. The van der Waals surface area contributed by atoms with E-state index in [9.17, 15) is 14.4 Å². The van der Waals surface area contributed by atoms with Gasteiger partial charge in [0.1, 0.15) is 11.8 Å². The second-order valence-corrected chi connectivity index (χ2v) is 10.8. The molecule has 2 heterocycles. The summed E-state index contributed by atoms with van der Waals surface area (Å²) < 4.78 is 29.9. The van der Waals surface area contributed by atoms with Crippen molar-refractivity contribution in [3.05, 3.63) is 83.0 Å². The molecule has 0 bridgehead atoms. The van der Waals surface area contributed by atoms with Crippen molar-refractivity contribution < 1.29 is 33.3 Å². The van der Waals surface area contributed by atoms with Gasteiger partial charge in [0.2, 0.25) is 0 Å². The average molecular weight is 660 g/mol. The Kier molecular flexibility index (Phi) is 10.2. The third-order valence-electron chi connectivity index (χ3n) is 6.23. The molecule has 1 aliphatic heterocycles. The van der Waals surface area contributed by atoms with Crippen LogP contribution in [0.25, 0.3) is 6.08 Å². The highest BCUT2D eigenvalue weighted by molar-refractivity contribution is 9.10. The molecule has 10 nitrogen and oxygen atoms in total. The molecule has 0 aliphatic carbocycles. The second kappa shape index (κ2) is 13.8. The first kappa shape index (κ1) is 31.0. The number of esters is 2. The molecule has 4 rings (SSSR count). The molecule has 1 aromatic heterocycles. The van der Waals surface area contributed by atoms with Gasteiger partial charge in [0.15, 0.2) is 22.9 Å². The van der Waals surface area contributed by atoms with Crippen LogP contribution < -0.4 is 29.1 Å². The first-order valence-corrected chi connectivity index (χ1v) is 14.9. The summed E-state index contributed by atoms with van der Waals surface area (Å²) in [6.07, 6.45) is 1.74. The van der Waals surface area contributed by atoms with E-state index < -0.39 is 18.0 Å². The van der Waals surface area contributed by atoms with Crippen LogP contribution in [0.1, 0.15) is 44.9 Å². The Hall–Kier alpha value is -3.90. The Bertz CT molecular complexity index is 1710. The van der Waals surface area contributed by atoms with Gasteiger partial charge in [0.25, 0.3) is 5.56 Å². The first-order chi connectivity index (χ1) is 20.2. The standard InChI is InChI=1S/C30H31BrN2O8S/c1-6-38-24(34)16-41-21-13-12-18(14-20(21)31)15-23-28(35)33-26(19-10-9-11-22(37-5)27(19)39-7-2)25(29(36)40-8-3)17(4)32-30(33)42-23/h9-15,26H,6-8,16H2,1-5H3/b23-15+/t26-/m0/s1. The van der Waals surface area contributed by atoms with Crippen molar-refractivity contribution in [2.45, 2.75) is 33.7 Å². The van der Waals surface area contributed by atoms with Crippen LogP contribution >= 0.6 is 27.3 Å². The van der Waals surface area contributed by atoms with Crippen molar-refractivity contribution in [3.63, 3.8) is 0 Å². The van der Waals surface area contributed by atoms with E-state index in [0.717, 1.165) is 0 Å². The second-order valence-electron chi connectivity index (χ2n) is 8.90. The lowest BCUT2D eigenvalue weighted by atomic mass is 9.94. The Morgan fingerprint density at radius 1 is 1.05 bits per heavy atom. The molecule has 12 heteroatoms. The van der Waals surface area contributed by atoms with Crippen molar-refractivity contribution in [3.8, 4) is 17.2 Å². The van der Waals surface area contributed by atoms with Crippen molar-refractivity contribution in [1.29, 1.82) is 0 Å². The third-order valence-corrected chi connectivity index (χ3v) is 7.84. The zero-order valence-electron chi connectivity index (χ0n) is 23.9. The minimum Gasteiger partial charge on any atom is -0.493 e. The lowest BCUT2D eigenvalue weighted by molar-refractivity contribution is -0.145. The summed E-state index contributed by atoms with van der Waals surface area (Å²) in [5.41, 5.74) is 1.65. The zero-order chi connectivity index (χ0) is 30.4. The van der Waals surface area contributed by atoms with E-state index >= 15 is 0 Å². The van der Waals surface area contributed by atoms with E-state index in [1.165, 1.54) is 23.0 Å². The quantitative estimate of drug-likeness (QED) is 0.285. The van der Waals surface area contributed by atoms with Gasteiger partial charge in [-0.25, -0.2) is 14.6 Å². The van der Waals surface area contributed by atoms with Gasteiger partial charge in [-0.3, -0.25) is 9.36 Å². The maximum absolute atomic E-state index is 14.0. The van der Waals surface area contributed by atoms with Gasteiger partial charge in [-0.2, -0.15) is 0 Å². The number of ether oxygens (including phenoxy) is 5. The number of halogens is 1. The molecule has 42 heavy (non-hydrogen) atoms. The van der Waals surface area contributed by atoms with Crippen LogP contribution in [0.2, 0.25) is 0 Å². The Morgan fingerprint density at radius 2 is 1.81 bits per heavy atom. The largest absolute Gasteiger partial charge is 0.493 e. The van der Waals surface area contributed by atoms with Crippen LogP contribution in [-0.4, -0.2) is 50.0 Å². The monoisotopic (exact) mass is 658 g/mol. The van der Waals surface area contributed by atoms with Gasteiger partial charge >= 0.3 is 11.9 Å². The van der Waals surface area contributed by atoms with E-state index in [1.807, 2.05) is 6.92 Å². The van der Waals surface area contributed by atoms with E-state index in [2.05, 4.69) is 20.9 Å². The molecule has 0 radical (unpaired) electrons. The van der Waals surface area contributed by atoms with Crippen LogP contribution in [0.4, 0.5) is 0 Å². The van der Waals surface area contributed by atoms with Gasteiger partial charge in [-0.05, 0) is 73.5 Å². The summed E-state index contributed by atoms with van der Waals surface area (Å²) in [4.78, 5) is 44.0. The Morgan fingerprint density at radius 3 is 2.48 bits per heavy atom. The molecular formula is C30H31BrN2O8S. The van der Waals surface area contributed by atoms with Gasteiger partial charge in [0.05, 0.1) is 47.2 Å². The maximum atomic E-state index is 14.0.